The summed E-state index contributed by atoms with van der Waals surface area (Å²) in [5, 5.41) is 10.0. The summed E-state index contributed by atoms with van der Waals surface area (Å²) < 4.78 is 43.7. The highest BCUT2D eigenvalue weighted by atomic mass is 19.4. The molecule has 0 spiro atoms. The highest BCUT2D eigenvalue weighted by Crippen LogP contribution is 2.18. The summed E-state index contributed by atoms with van der Waals surface area (Å²) in [5.41, 5.74) is 1.51. The zero-order valence-electron chi connectivity index (χ0n) is 13.7. The number of ether oxygens (including phenoxy) is 1. The molecule has 1 unspecified atom stereocenters. The highest BCUT2D eigenvalue weighted by Gasteiger charge is 2.28. The van der Waals surface area contributed by atoms with Crippen molar-refractivity contribution in [2.45, 2.75) is 18.8 Å². The SMILES string of the molecule is O=c1n(CC(O)COCC(F)(F)F)c2ccccc2n1-c1ccccc1. The van der Waals surface area contributed by atoms with E-state index < -0.39 is 25.5 Å². The summed E-state index contributed by atoms with van der Waals surface area (Å²) in [4.78, 5) is 12.9. The number of para-hydroxylation sites is 3. The van der Waals surface area contributed by atoms with Gasteiger partial charge in [0.15, 0.2) is 0 Å². The number of halogens is 3. The fourth-order valence-corrected chi connectivity index (χ4v) is 2.79. The molecule has 0 aliphatic heterocycles. The summed E-state index contributed by atoms with van der Waals surface area (Å²) in [6.45, 7) is -2.13. The second-order valence-electron chi connectivity index (χ2n) is 5.84. The van der Waals surface area contributed by atoms with Crippen LogP contribution >= 0.6 is 0 Å². The van der Waals surface area contributed by atoms with Gasteiger partial charge in [0.1, 0.15) is 6.61 Å². The first-order valence-corrected chi connectivity index (χ1v) is 7.95. The standard InChI is InChI=1S/C18H17F3N2O3/c19-18(20,21)12-26-11-14(24)10-22-15-8-4-5-9-16(15)23(17(22)25)13-6-2-1-3-7-13/h1-9,14,24H,10-12H2. The van der Waals surface area contributed by atoms with E-state index in [2.05, 4.69) is 4.74 Å². The van der Waals surface area contributed by atoms with E-state index in [4.69, 9.17) is 0 Å². The van der Waals surface area contributed by atoms with Gasteiger partial charge < -0.3 is 9.84 Å². The van der Waals surface area contributed by atoms with Gasteiger partial charge in [-0.1, -0.05) is 30.3 Å². The topological polar surface area (TPSA) is 56.4 Å². The lowest BCUT2D eigenvalue weighted by Crippen LogP contribution is -2.31. The zero-order valence-corrected chi connectivity index (χ0v) is 13.7. The van der Waals surface area contributed by atoms with Crippen LogP contribution in [0.1, 0.15) is 0 Å². The fraction of sp³-hybridized carbons (Fsp3) is 0.278. The second kappa shape index (κ2) is 7.35. The van der Waals surface area contributed by atoms with E-state index in [1.54, 1.807) is 48.5 Å². The van der Waals surface area contributed by atoms with Gasteiger partial charge in [0, 0.05) is 0 Å². The molecule has 2 aromatic carbocycles. The summed E-state index contributed by atoms with van der Waals surface area (Å²) >= 11 is 0. The lowest BCUT2D eigenvalue weighted by Gasteiger charge is -2.13. The van der Waals surface area contributed by atoms with Crippen molar-refractivity contribution in [2.24, 2.45) is 0 Å². The number of benzene rings is 2. The molecular weight excluding hydrogens is 349 g/mol. The third-order valence-electron chi connectivity index (χ3n) is 3.82. The molecule has 8 heteroatoms. The maximum Gasteiger partial charge on any atom is 0.411 e. The monoisotopic (exact) mass is 366 g/mol. The van der Waals surface area contributed by atoms with Gasteiger partial charge in [-0.3, -0.25) is 9.13 Å². The largest absolute Gasteiger partial charge is 0.411 e. The van der Waals surface area contributed by atoms with Crippen molar-refractivity contribution in [1.82, 2.24) is 9.13 Å². The molecule has 0 fully saturated rings. The number of nitrogens with zero attached hydrogens (tertiary/aromatic N) is 2. The quantitative estimate of drug-likeness (QED) is 0.730. The van der Waals surface area contributed by atoms with Crippen molar-refractivity contribution in [3.63, 3.8) is 0 Å². The molecule has 26 heavy (non-hydrogen) atoms. The maximum atomic E-state index is 12.9. The van der Waals surface area contributed by atoms with Crippen LogP contribution in [0, 0.1) is 0 Å². The first-order valence-electron chi connectivity index (χ1n) is 7.95. The van der Waals surface area contributed by atoms with E-state index in [0.717, 1.165) is 0 Å². The van der Waals surface area contributed by atoms with Crippen LogP contribution in [0.15, 0.2) is 59.4 Å². The molecule has 0 aliphatic carbocycles. The van der Waals surface area contributed by atoms with Crippen LogP contribution in [-0.4, -0.2) is 39.7 Å². The zero-order chi connectivity index (χ0) is 18.7. The molecule has 138 valence electrons. The van der Waals surface area contributed by atoms with Crippen molar-refractivity contribution < 1.29 is 23.0 Å². The Morgan fingerprint density at radius 1 is 1.00 bits per heavy atom. The Kier molecular flexibility index (Phi) is 5.15. The molecule has 1 atom stereocenters. The summed E-state index contributed by atoms with van der Waals surface area (Å²) in [7, 11) is 0. The molecule has 0 radical (unpaired) electrons. The predicted molar refractivity (Wildman–Crippen MR) is 90.4 cm³/mol. The molecule has 1 heterocycles. The molecule has 0 amide bonds. The molecule has 0 bridgehead atoms. The van der Waals surface area contributed by atoms with Crippen LogP contribution < -0.4 is 5.69 Å². The van der Waals surface area contributed by atoms with E-state index in [0.29, 0.717) is 16.7 Å². The molecule has 0 saturated carbocycles. The van der Waals surface area contributed by atoms with Crippen LogP contribution in [-0.2, 0) is 11.3 Å². The van der Waals surface area contributed by atoms with Gasteiger partial charge in [-0.05, 0) is 24.3 Å². The van der Waals surface area contributed by atoms with Gasteiger partial charge in [0.25, 0.3) is 0 Å². The molecular formula is C18H17F3N2O3. The minimum atomic E-state index is -4.46. The molecule has 0 aliphatic rings. The number of fused-ring (bicyclic) bond motifs is 1. The van der Waals surface area contributed by atoms with Crippen molar-refractivity contribution in [1.29, 1.82) is 0 Å². The maximum absolute atomic E-state index is 12.9. The molecule has 3 aromatic rings. The van der Waals surface area contributed by atoms with Gasteiger partial charge in [-0.15, -0.1) is 0 Å². The third kappa shape index (κ3) is 3.97. The van der Waals surface area contributed by atoms with Crippen LogP contribution in [0.3, 0.4) is 0 Å². The number of alkyl halides is 3. The van der Waals surface area contributed by atoms with Crippen molar-refractivity contribution in [3.05, 3.63) is 65.1 Å². The van der Waals surface area contributed by atoms with E-state index in [1.165, 1.54) is 9.13 Å². The number of hydrogen-bond donors (Lipinski definition) is 1. The van der Waals surface area contributed by atoms with E-state index in [-0.39, 0.29) is 12.2 Å². The first-order chi connectivity index (χ1) is 12.4. The average molecular weight is 366 g/mol. The predicted octanol–water partition coefficient (Wildman–Crippen LogP) is 2.73. The molecule has 3 rings (SSSR count). The summed E-state index contributed by atoms with van der Waals surface area (Å²) in [5.74, 6) is 0. The van der Waals surface area contributed by atoms with Gasteiger partial charge in [0.2, 0.25) is 0 Å². The van der Waals surface area contributed by atoms with Crippen molar-refractivity contribution >= 4 is 11.0 Å². The Bertz CT molecular complexity index is 932. The second-order valence-corrected chi connectivity index (χ2v) is 5.84. The lowest BCUT2D eigenvalue weighted by molar-refractivity contribution is -0.179. The van der Waals surface area contributed by atoms with Crippen LogP contribution in [0.5, 0.6) is 0 Å². The summed E-state index contributed by atoms with van der Waals surface area (Å²) in [6.07, 6.45) is -5.70. The summed E-state index contributed by atoms with van der Waals surface area (Å²) in [6, 6.07) is 16.0. The van der Waals surface area contributed by atoms with Crippen molar-refractivity contribution in [3.8, 4) is 5.69 Å². The third-order valence-corrected chi connectivity index (χ3v) is 3.82. The minimum absolute atomic E-state index is 0.170. The number of aliphatic hydroxyl groups is 1. The van der Waals surface area contributed by atoms with Gasteiger partial charge >= 0.3 is 11.9 Å². The molecule has 1 aromatic heterocycles. The Morgan fingerprint density at radius 2 is 1.62 bits per heavy atom. The number of rotatable bonds is 6. The normalized spacial score (nSPS) is 13.2. The lowest BCUT2D eigenvalue weighted by atomic mass is 10.2. The Hall–Kier alpha value is -2.58. The van der Waals surface area contributed by atoms with Gasteiger partial charge in [-0.2, -0.15) is 13.2 Å². The molecule has 5 nitrogen and oxygen atoms in total. The first kappa shape index (κ1) is 18.2. The number of imidazole rings is 1. The average Bonchev–Trinajstić information content (AvgIpc) is 2.87. The van der Waals surface area contributed by atoms with Crippen LogP contribution in [0.25, 0.3) is 16.7 Å². The smallest absolute Gasteiger partial charge is 0.389 e. The fourth-order valence-electron chi connectivity index (χ4n) is 2.79. The Labute approximate surface area is 146 Å². The van der Waals surface area contributed by atoms with Gasteiger partial charge in [-0.25, -0.2) is 4.79 Å². The van der Waals surface area contributed by atoms with Crippen molar-refractivity contribution in [2.75, 3.05) is 13.2 Å². The number of aromatic nitrogens is 2. The highest BCUT2D eigenvalue weighted by molar-refractivity contribution is 5.78. The minimum Gasteiger partial charge on any atom is -0.389 e. The number of aliphatic hydroxyl groups excluding tert-OH is 1. The Morgan fingerprint density at radius 3 is 2.27 bits per heavy atom. The van der Waals surface area contributed by atoms with Gasteiger partial charge in [0.05, 0.1) is 36.0 Å². The molecule has 0 saturated heterocycles. The van der Waals surface area contributed by atoms with Crippen LogP contribution in [0.2, 0.25) is 0 Å². The molecule has 1 N–H and O–H groups in total. The number of hydrogen-bond acceptors (Lipinski definition) is 3. The van der Waals surface area contributed by atoms with Crippen LogP contribution in [0.4, 0.5) is 13.2 Å². The Balaban J connectivity index is 1.90. The van der Waals surface area contributed by atoms with E-state index in [9.17, 15) is 23.1 Å². The van der Waals surface area contributed by atoms with E-state index >= 15 is 0 Å². The van der Waals surface area contributed by atoms with E-state index in [1.807, 2.05) is 6.07 Å².